The molecule has 1 amide bonds. The van der Waals surface area contributed by atoms with Crippen LogP contribution in [0.4, 0.5) is 10.1 Å². The molecular weight excluding hydrogens is 353 g/mol. The van der Waals surface area contributed by atoms with Crippen LogP contribution in [0.2, 0.25) is 0 Å². The molecule has 142 valence electrons. The first-order chi connectivity index (χ1) is 13.1. The third kappa shape index (κ3) is 5.73. The van der Waals surface area contributed by atoms with E-state index in [-0.39, 0.29) is 30.1 Å². The topological polar surface area (TPSA) is 90.4 Å². The van der Waals surface area contributed by atoms with Gasteiger partial charge in [-0.3, -0.25) is 4.79 Å². The largest absolute Gasteiger partial charge is 0.460 e. The Labute approximate surface area is 155 Å². The van der Waals surface area contributed by atoms with E-state index in [1.165, 1.54) is 43.1 Å². The van der Waals surface area contributed by atoms with E-state index in [1.54, 1.807) is 0 Å². The van der Waals surface area contributed by atoms with Crippen molar-refractivity contribution in [3.8, 4) is 6.01 Å². The molecule has 0 spiro atoms. The Hall–Kier alpha value is -3.03. The van der Waals surface area contributed by atoms with E-state index in [2.05, 4.69) is 15.3 Å². The number of amides is 1. The molecule has 1 aliphatic rings. The molecule has 1 N–H and O–H groups in total. The Morgan fingerprint density at radius 1 is 1.07 bits per heavy atom. The van der Waals surface area contributed by atoms with Gasteiger partial charge in [0.15, 0.2) is 6.61 Å². The van der Waals surface area contributed by atoms with E-state index in [0.717, 1.165) is 25.7 Å². The van der Waals surface area contributed by atoms with Crippen LogP contribution in [-0.4, -0.2) is 34.6 Å². The summed E-state index contributed by atoms with van der Waals surface area (Å²) in [6.07, 6.45) is 7.64. The van der Waals surface area contributed by atoms with Crippen molar-refractivity contribution >= 4 is 17.6 Å². The van der Waals surface area contributed by atoms with Gasteiger partial charge in [0.05, 0.1) is 5.56 Å². The van der Waals surface area contributed by atoms with Crippen molar-refractivity contribution in [2.75, 3.05) is 11.9 Å². The highest BCUT2D eigenvalue weighted by Gasteiger charge is 2.18. The van der Waals surface area contributed by atoms with Gasteiger partial charge in [-0.25, -0.2) is 19.2 Å². The number of esters is 1. The van der Waals surface area contributed by atoms with Crippen molar-refractivity contribution in [3.63, 3.8) is 0 Å². The lowest BCUT2D eigenvalue weighted by atomic mass is 9.98. The van der Waals surface area contributed by atoms with E-state index in [9.17, 15) is 14.0 Å². The molecule has 0 aliphatic heterocycles. The number of aromatic nitrogens is 2. The predicted molar refractivity (Wildman–Crippen MR) is 94.8 cm³/mol. The zero-order valence-corrected chi connectivity index (χ0v) is 14.7. The lowest BCUT2D eigenvalue weighted by molar-refractivity contribution is -0.153. The van der Waals surface area contributed by atoms with Crippen LogP contribution in [0.15, 0.2) is 36.7 Å². The van der Waals surface area contributed by atoms with E-state index in [4.69, 9.17) is 9.47 Å². The van der Waals surface area contributed by atoms with Gasteiger partial charge in [-0.2, -0.15) is 0 Å². The summed E-state index contributed by atoms with van der Waals surface area (Å²) in [4.78, 5) is 31.7. The second-order valence-corrected chi connectivity index (χ2v) is 6.25. The second-order valence-electron chi connectivity index (χ2n) is 6.25. The van der Waals surface area contributed by atoms with Crippen molar-refractivity contribution in [3.05, 3.63) is 48.0 Å². The van der Waals surface area contributed by atoms with Gasteiger partial charge in [-0.1, -0.05) is 6.42 Å². The first kappa shape index (κ1) is 18.8. The van der Waals surface area contributed by atoms with Gasteiger partial charge >= 0.3 is 12.0 Å². The monoisotopic (exact) mass is 373 g/mol. The number of nitrogens with one attached hydrogen (secondary N) is 1. The standard InChI is InChI=1S/C19H20FN3O4/c20-14-6-8-15(9-7-14)23-18(25)13-10-21-19(22-11-13)26-12-17(24)27-16-4-2-1-3-5-16/h6-11,16H,1-5,12H2,(H,23,25). The van der Waals surface area contributed by atoms with Crippen LogP contribution in [0, 0.1) is 5.82 Å². The maximum atomic E-state index is 12.9. The minimum Gasteiger partial charge on any atom is -0.460 e. The summed E-state index contributed by atoms with van der Waals surface area (Å²) in [7, 11) is 0. The number of hydrogen-bond acceptors (Lipinski definition) is 6. The number of halogens is 1. The summed E-state index contributed by atoms with van der Waals surface area (Å²) in [6, 6.07) is 5.37. The summed E-state index contributed by atoms with van der Waals surface area (Å²) in [5.41, 5.74) is 0.656. The summed E-state index contributed by atoms with van der Waals surface area (Å²) in [6.45, 7) is -0.280. The highest BCUT2D eigenvalue weighted by molar-refractivity contribution is 6.03. The number of rotatable bonds is 6. The van der Waals surface area contributed by atoms with Crippen LogP contribution in [0.3, 0.4) is 0 Å². The highest BCUT2D eigenvalue weighted by atomic mass is 19.1. The number of anilines is 1. The SMILES string of the molecule is O=C(COc1ncc(C(=O)Nc2ccc(F)cc2)cn1)OC1CCCCC1. The van der Waals surface area contributed by atoms with Crippen LogP contribution in [0.25, 0.3) is 0 Å². The number of carbonyl (C=O) groups is 2. The smallest absolute Gasteiger partial charge is 0.344 e. The summed E-state index contributed by atoms with van der Waals surface area (Å²) in [5.74, 6) is -1.28. The normalized spacial score (nSPS) is 14.4. The first-order valence-electron chi connectivity index (χ1n) is 8.81. The molecule has 8 heteroatoms. The van der Waals surface area contributed by atoms with Gasteiger partial charge in [0.1, 0.15) is 11.9 Å². The molecule has 1 heterocycles. The molecule has 2 aromatic rings. The molecule has 1 saturated carbocycles. The van der Waals surface area contributed by atoms with Crippen molar-refractivity contribution in [2.24, 2.45) is 0 Å². The highest BCUT2D eigenvalue weighted by Crippen LogP contribution is 2.20. The number of carbonyl (C=O) groups excluding carboxylic acids is 2. The average Bonchev–Trinajstić information content (AvgIpc) is 2.69. The fourth-order valence-electron chi connectivity index (χ4n) is 2.77. The minimum atomic E-state index is -0.455. The lowest BCUT2D eigenvalue weighted by Crippen LogP contribution is -2.25. The maximum Gasteiger partial charge on any atom is 0.344 e. The summed E-state index contributed by atoms with van der Waals surface area (Å²) < 4.78 is 23.4. The van der Waals surface area contributed by atoms with Crippen LogP contribution in [-0.2, 0) is 9.53 Å². The third-order valence-electron chi connectivity index (χ3n) is 4.16. The summed E-state index contributed by atoms with van der Waals surface area (Å²) >= 11 is 0. The summed E-state index contributed by atoms with van der Waals surface area (Å²) in [5, 5.41) is 2.60. The molecule has 0 unspecified atom stereocenters. The third-order valence-corrected chi connectivity index (χ3v) is 4.16. The van der Waals surface area contributed by atoms with Crippen LogP contribution in [0.5, 0.6) is 6.01 Å². The lowest BCUT2D eigenvalue weighted by Gasteiger charge is -2.21. The zero-order chi connectivity index (χ0) is 19.1. The van der Waals surface area contributed by atoms with Gasteiger partial charge < -0.3 is 14.8 Å². The number of nitrogens with zero attached hydrogens (tertiary/aromatic N) is 2. The van der Waals surface area contributed by atoms with Crippen molar-refractivity contribution in [2.45, 2.75) is 38.2 Å². The zero-order valence-electron chi connectivity index (χ0n) is 14.7. The quantitative estimate of drug-likeness (QED) is 0.783. The first-order valence-corrected chi connectivity index (χ1v) is 8.81. The molecule has 1 fully saturated rings. The van der Waals surface area contributed by atoms with Crippen LogP contribution < -0.4 is 10.1 Å². The van der Waals surface area contributed by atoms with E-state index < -0.39 is 11.9 Å². The van der Waals surface area contributed by atoms with Gasteiger partial charge in [0.2, 0.25) is 0 Å². The molecule has 0 bridgehead atoms. The van der Waals surface area contributed by atoms with E-state index >= 15 is 0 Å². The Bertz CT molecular complexity index is 775. The molecule has 1 aliphatic carbocycles. The number of benzene rings is 1. The molecule has 7 nitrogen and oxygen atoms in total. The molecule has 27 heavy (non-hydrogen) atoms. The molecule has 1 aromatic carbocycles. The molecule has 1 aromatic heterocycles. The predicted octanol–water partition coefficient (Wildman–Crippen LogP) is 3.12. The maximum absolute atomic E-state index is 12.9. The van der Waals surface area contributed by atoms with Gasteiger partial charge in [0, 0.05) is 18.1 Å². The van der Waals surface area contributed by atoms with Crippen molar-refractivity contribution < 1.29 is 23.5 Å². The van der Waals surface area contributed by atoms with Crippen LogP contribution in [0.1, 0.15) is 42.5 Å². The Morgan fingerprint density at radius 2 is 1.74 bits per heavy atom. The molecule has 0 saturated heterocycles. The van der Waals surface area contributed by atoms with Crippen molar-refractivity contribution in [1.82, 2.24) is 9.97 Å². The molecule has 3 rings (SSSR count). The van der Waals surface area contributed by atoms with E-state index in [0.29, 0.717) is 5.69 Å². The Balaban J connectivity index is 1.47. The van der Waals surface area contributed by atoms with Crippen LogP contribution >= 0.6 is 0 Å². The fourth-order valence-corrected chi connectivity index (χ4v) is 2.77. The number of ether oxygens (including phenoxy) is 2. The second kappa shape index (κ2) is 9.07. The molecule has 0 radical (unpaired) electrons. The fraction of sp³-hybridized carbons (Fsp3) is 0.368. The van der Waals surface area contributed by atoms with Gasteiger partial charge in [-0.05, 0) is 49.9 Å². The Morgan fingerprint density at radius 3 is 2.41 bits per heavy atom. The average molecular weight is 373 g/mol. The van der Waals surface area contributed by atoms with E-state index in [1.807, 2.05) is 0 Å². The molecule has 0 atom stereocenters. The van der Waals surface area contributed by atoms with Crippen molar-refractivity contribution in [1.29, 1.82) is 0 Å². The molecular formula is C19H20FN3O4. The van der Waals surface area contributed by atoms with Gasteiger partial charge in [0.25, 0.3) is 5.91 Å². The Kier molecular flexibility index (Phi) is 6.30. The minimum absolute atomic E-state index is 0.0195. The van der Waals surface area contributed by atoms with Gasteiger partial charge in [-0.15, -0.1) is 0 Å². The number of hydrogen-bond donors (Lipinski definition) is 1.